The molecular weight excluding hydrogens is 353 g/mol. The monoisotopic (exact) mass is 385 g/mol. The van der Waals surface area contributed by atoms with E-state index >= 15 is 0 Å². The molecule has 0 spiro atoms. The molecule has 2 aliphatic rings. The predicted octanol–water partition coefficient (Wildman–Crippen LogP) is 3.20. The van der Waals surface area contributed by atoms with Crippen molar-refractivity contribution in [3.63, 3.8) is 0 Å². The van der Waals surface area contributed by atoms with Gasteiger partial charge in [0.15, 0.2) is 11.5 Å². The van der Waals surface area contributed by atoms with Crippen LogP contribution in [0.2, 0.25) is 0 Å². The summed E-state index contributed by atoms with van der Waals surface area (Å²) in [6.45, 7) is 1.31. The van der Waals surface area contributed by atoms with Gasteiger partial charge in [0, 0.05) is 13.1 Å². The average molecular weight is 385 g/mol. The van der Waals surface area contributed by atoms with Crippen molar-refractivity contribution in [2.24, 2.45) is 0 Å². The molecule has 154 valence electrons. The Labute approximate surface area is 160 Å². The number of methoxy groups -OCH3 is 2. The number of hydrogen-bond acceptors (Lipinski definition) is 6. The Morgan fingerprint density at radius 1 is 1.00 bits per heavy atom. The van der Waals surface area contributed by atoms with E-state index in [0.29, 0.717) is 30.2 Å². The van der Waals surface area contributed by atoms with Gasteiger partial charge in [0.05, 0.1) is 26.7 Å². The number of hydrogen-bond donors (Lipinski definition) is 2. The summed E-state index contributed by atoms with van der Waals surface area (Å²) in [7, 11) is 3.11. The summed E-state index contributed by atoms with van der Waals surface area (Å²) >= 11 is 0. The number of ether oxygens (including phenoxy) is 3. The Kier molecular flexibility index (Phi) is 8.76. The zero-order valence-electron chi connectivity index (χ0n) is 16.3. The number of benzene rings is 1. The topological polar surface area (TPSA) is 71.4 Å². The summed E-state index contributed by atoms with van der Waals surface area (Å²) in [5.74, 6) is -0.985. The van der Waals surface area contributed by atoms with Gasteiger partial charge in [-0.15, -0.1) is 9.60 Å². The van der Waals surface area contributed by atoms with E-state index in [1.807, 2.05) is 0 Å². The predicted molar refractivity (Wildman–Crippen MR) is 100 cm³/mol. The maximum Gasteiger partial charge on any atom is 0.282 e. The van der Waals surface area contributed by atoms with Crippen molar-refractivity contribution in [1.29, 1.82) is 0 Å². The zero-order chi connectivity index (χ0) is 19.7. The molecule has 0 radical (unpaired) electrons. The minimum atomic E-state index is -2.15. The van der Waals surface area contributed by atoms with E-state index in [4.69, 9.17) is 14.2 Å². The zero-order valence-corrected chi connectivity index (χ0v) is 16.3. The summed E-state index contributed by atoms with van der Waals surface area (Å²) in [6, 6.07) is 5.24. The van der Waals surface area contributed by atoms with Crippen LogP contribution < -0.4 is 9.47 Å². The molecule has 1 aromatic carbocycles. The quantitative estimate of drug-likeness (QED) is 0.579. The van der Waals surface area contributed by atoms with Gasteiger partial charge in [0.25, 0.3) is 5.97 Å². The smallest absolute Gasteiger partial charge is 0.282 e. The Balaban J connectivity index is 0.000000369. The number of aliphatic hydroxyl groups is 2. The third-order valence-electron chi connectivity index (χ3n) is 4.84. The fourth-order valence-electron chi connectivity index (χ4n) is 3.43. The fraction of sp³-hybridized carbons (Fsp3) is 0.700. The van der Waals surface area contributed by atoms with Crippen molar-refractivity contribution in [3.8, 4) is 11.5 Å². The minimum absolute atomic E-state index is 0.0101. The Morgan fingerprint density at radius 3 is 2.15 bits per heavy atom. The first-order valence-electron chi connectivity index (χ1n) is 9.67. The summed E-state index contributed by atoms with van der Waals surface area (Å²) in [4.78, 5) is 0. The van der Waals surface area contributed by atoms with Gasteiger partial charge in [0.1, 0.15) is 0 Å². The van der Waals surface area contributed by atoms with E-state index in [-0.39, 0.29) is 12.5 Å². The van der Waals surface area contributed by atoms with E-state index in [0.717, 1.165) is 43.6 Å². The van der Waals surface area contributed by atoms with Gasteiger partial charge in [0.2, 0.25) is 0 Å². The molecule has 1 aromatic rings. The highest BCUT2D eigenvalue weighted by atomic mass is 19.2. The average Bonchev–Trinajstić information content (AvgIpc) is 3.13. The molecule has 6 nitrogen and oxygen atoms in total. The number of halogens is 1. The van der Waals surface area contributed by atoms with Crippen LogP contribution in [-0.2, 0) is 11.2 Å². The lowest BCUT2D eigenvalue weighted by molar-refractivity contribution is -0.355. The summed E-state index contributed by atoms with van der Waals surface area (Å²) < 4.78 is 27.6. The van der Waals surface area contributed by atoms with E-state index in [2.05, 4.69) is 0 Å². The Hall–Kier alpha value is -1.41. The van der Waals surface area contributed by atoms with Crippen molar-refractivity contribution in [1.82, 2.24) is 5.12 Å². The lowest BCUT2D eigenvalue weighted by atomic mass is 9.97. The molecule has 1 heterocycles. The molecule has 2 N–H and O–H groups in total. The Morgan fingerprint density at radius 2 is 1.63 bits per heavy atom. The van der Waals surface area contributed by atoms with Gasteiger partial charge >= 0.3 is 0 Å². The second kappa shape index (κ2) is 10.8. The van der Waals surface area contributed by atoms with Gasteiger partial charge in [-0.05, 0) is 43.4 Å². The van der Waals surface area contributed by atoms with Gasteiger partial charge in [-0.1, -0.05) is 25.3 Å². The highest BCUT2D eigenvalue weighted by molar-refractivity contribution is 5.43. The van der Waals surface area contributed by atoms with Crippen LogP contribution in [0.3, 0.4) is 0 Å². The van der Waals surface area contributed by atoms with Crippen molar-refractivity contribution < 1.29 is 28.9 Å². The molecule has 0 amide bonds. The van der Waals surface area contributed by atoms with Crippen LogP contribution in [0.4, 0.5) is 4.48 Å². The summed E-state index contributed by atoms with van der Waals surface area (Å²) in [5, 5.41) is 21.0. The summed E-state index contributed by atoms with van der Waals surface area (Å²) in [5.41, 5.74) is 0.716. The van der Waals surface area contributed by atoms with E-state index in [1.165, 1.54) is 6.42 Å². The van der Waals surface area contributed by atoms with Crippen LogP contribution in [0, 0.1) is 0 Å². The first-order valence-corrected chi connectivity index (χ1v) is 9.67. The number of nitrogens with zero attached hydrogens (tertiary/aromatic N) is 1. The Bertz CT molecular complexity index is 557. The molecule has 0 unspecified atom stereocenters. The van der Waals surface area contributed by atoms with Gasteiger partial charge in [-0.2, -0.15) is 0 Å². The van der Waals surface area contributed by atoms with E-state index in [9.17, 15) is 14.7 Å². The van der Waals surface area contributed by atoms with Gasteiger partial charge in [-0.25, -0.2) is 0 Å². The van der Waals surface area contributed by atoms with Crippen molar-refractivity contribution >= 4 is 0 Å². The molecule has 1 saturated carbocycles. The standard InChI is InChI=1S/C16H24O5.C4H8FN/c1-19-14-9-8-12(10-15(14)20-2)11-16(17,18)21-13-6-4-3-5-7-13;5-6-3-1-2-4-6/h8-10,13,17-18H,3-7,11H2,1-2H3;1-4H2. The van der Waals surface area contributed by atoms with Crippen molar-refractivity contribution in [2.75, 3.05) is 27.3 Å². The van der Waals surface area contributed by atoms with E-state index in [1.54, 1.807) is 32.4 Å². The molecule has 2 fully saturated rings. The van der Waals surface area contributed by atoms with Crippen LogP contribution >= 0.6 is 0 Å². The van der Waals surface area contributed by atoms with Gasteiger partial charge in [-0.3, -0.25) is 0 Å². The molecule has 7 heteroatoms. The van der Waals surface area contributed by atoms with Crippen LogP contribution in [0.5, 0.6) is 11.5 Å². The molecule has 3 rings (SSSR count). The van der Waals surface area contributed by atoms with Crippen LogP contribution in [-0.4, -0.2) is 54.7 Å². The molecular formula is C20H32FNO5. The lowest BCUT2D eigenvalue weighted by Crippen LogP contribution is -2.39. The largest absolute Gasteiger partial charge is 0.493 e. The normalized spacial score (nSPS) is 18.7. The van der Waals surface area contributed by atoms with Crippen molar-refractivity contribution in [2.45, 2.75) is 63.4 Å². The lowest BCUT2D eigenvalue weighted by Gasteiger charge is -2.30. The second-order valence-corrected chi connectivity index (χ2v) is 7.10. The third-order valence-corrected chi connectivity index (χ3v) is 4.84. The fourth-order valence-corrected chi connectivity index (χ4v) is 3.43. The molecule has 1 saturated heterocycles. The summed E-state index contributed by atoms with van der Waals surface area (Å²) in [6.07, 6.45) is 7.11. The molecule has 0 atom stereocenters. The third kappa shape index (κ3) is 7.62. The van der Waals surface area contributed by atoms with E-state index < -0.39 is 5.97 Å². The maximum atomic E-state index is 11.8. The van der Waals surface area contributed by atoms with Gasteiger partial charge < -0.3 is 24.4 Å². The first kappa shape index (κ1) is 21.9. The minimum Gasteiger partial charge on any atom is -0.493 e. The second-order valence-electron chi connectivity index (χ2n) is 7.10. The molecule has 1 aliphatic heterocycles. The molecule has 0 aromatic heterocycles. The van der Waals surface area contributed by atoms with Crippen LogP contribution in [0.15, 0.2) is 18.2 Å². The SMILES string of the molecule is COc1ccc(CC(O)(O)OC2CCCCC2)cc1OC.FN1CCCC1. The maximum absolute atomic E-state index is 11.8. The highest BCUT2D eigenvalue weighted by Gasteiger charge is 2.30. The van der Waals surface area contributed by atoms with Crippen molar-refractivity contribution in [3.05, 3.63) is 23.8 Å². The first-order chi connectivity index (χ1) is 12.9. The number of rotatable bonds is 6. The molecule has 0 bridgehead atoms. The highest BCUT2D eigenvalue weighted by Crippen LogP contribution is 2.30. The molecule has 27 heavy (non-hydrogen) atoms. The molecule has 1 aliphatic carbocycles. The van der Waals surface area contributed by atoms with Crippen LogP contribution in [0.25, 0.3) is 0 Å². The van der Waals surface area contributed by atoms with Crippen LogP contribution in [0.1, 0.15) is 50.5 Å².